The molecule has 0 spiro atoms. The highest BCUT2D eigenvalue weighted by Crippen LogP contribution is 2.31. The molecule has 1 aliphatic heterocycles. The summed E-state index contributed by atoms with van der Waals surface area (Å²) in [5, 5.41) is 5.67. The minimum absolute atomic E-state index is 0.0130. The van der Waals surface area contributed by atoms with Crippen LogP contribution in [0.15, 0.2) is 24.3 Å². The summed E-state index contributed by atoms with van der Waals surface area (Å²) in [7, 11) is 0. The van der Waals surface area contributed by atoms with E-state index in [2.05, 4.69) is 30.3 Å². The van der Waals surface area contributed by atoms with E-state index in [1.165, 1.54) is 12.1 Å². The minimum Gasteiger partial charge on any atom is -0.454 e. The lowest BCUT2D eigenvalue weighted by atomic mass is 10.2. The first-order valence-corrected chi connectivity index (χ1v) is 8.46. The molecule has 7 nitrogen and oxygen atoms in total. The highest BCUT2D eigenvalue weighted by molar-refractivity contribution is 5.56. The van der Waals surface area contributed by atoms with E-state index in [1.54, 1.807) is 4.90 Å². The Bertz CT molecular complexity index is 837. The molecule has 0 unspecified atom stereocenters. The van der Waals surface area contributed by atoms with E-state index in [0.717, 1.165) is 12.1 Å². The summed E-state index contributed by atoms with van der Waals surface area (Å²) in [6.45, 7) is 0.597. The van der Waals surface area contributed by atoms with E-state index in [1.807, 2.05) is 0 Å². The number of hydrogen-bond acceptors (Lipinski definition) is 7. The van der Waals surface area contributed by atoms with Crippen molar-refractivity contribution in [1.82, 2.24) is 20.3 Å². The molecule has 29 heavy (non-hydrogen) atoms. The first kappa shape index (κ1) is 20.9. The zero-order valence-corrected chi connectivity index (χ0v) is 14.8. The molecular weight excluding hydrogens is 406 g/mol. The van der Waals surface area contributed by atoms with Crippen LogP contribution in [0.4, 0.5) is 43.9 Å². The molecule has 0 radical (unpaired) electrons. The van der Waals surface area contributed by atoms with Gasteiger partial charge in [-0.1, -0.05) is 6.07 Å². The van der Waals surface area contributed by atoms with Gasteiger partial charge >= 0.3 is 18.4 Å². The van der Waals surface area contributed by atoms with Gasteiger partial charge in [-0.2, -0.15) is 41.3 Å². The molecule has 1 aliphatic rings. The molecule has 1 fully saturated rings. The van der Waals surface area contributed by atoms with Gasteiger partial charge in [-0.25, -0.2) is 0 Å². The van der Waals surface area contributed by atoms with Crippen molar-refractivity contribution >= 4 is 17.6 Å². The second-order valence-corrected chi connectivity index (χ2v) is 6.09. The standard InChI is InChI=1S/C16H16F6N6O/c17-15(18,19)9-29-14-26-12(25-13(27-14)28-6-4-23-5-7-28)24-11-3-1-2-10(8-11)16(20,21)22/h1-3,8,23H,4-7,9H2,(H,24,25,26,27). The maximum Gasteiger partial charge on any atom is 0.422 e. The van der Waals surface area contributed by atoms with Crippen molar-refractivity contribution in [3.8, 4) is 6.01 Å². The first-order valence-electron chi connectivity index (χ1n) is 8.46. The van der Waals surface area contributed by atoms with Crippen LogP contribution in [0.5, 0.6) is 6.01 Å². The summed E-state index contributed by atoms with van der Waals surface area (Å²) in [4.78, 5) is 13.4. The van der Waals surface area contributed by atoms with Crippen LogP contribution < -0.4 is 20.3 Å². The Morgan fingerprint density at radius 3 is 2.41 bits per heavy atom. The highest BCUT2D eigenvalue weighted by atomic mass is 19.4. The molecule has 0 aliphatic carbocycles. The molecule has 1 saturated heterocycles. The van der Waals surface area contributed by atoms with Gasteiger partial charge in [0.2, 0.25) is 11.9 Å². The van der Waals surface area contributed by atoms with Crippen LogP contribution in [0.25, 0.3) is 0 Å². The fraction of sp³-hybridized carbons (Fsp3) is 0.438. The molecule has 0 amide bonds. The number of anilines is 3. The van der Waals surface area contributed by atoms with Gasteiger partial charge in [0.15, 0.2) is 6.61 Å². The van der Waals surface area contributed by atoms with Crippen LogP contribution >= 0.6 is 0 Å². The SMILES string of the molecule is FC(F)(F)COc1nc(Nc2cccc(C(F)(F)F)c2)nc(N2CCNCC2)n1. The number of hydrogen-bond donors (Lipinski definition) is 2. The fourth-order valence-electron chi connectivity index (χ4n) is 2.52. The Balaban J connectivity index is 1.88. The maximum absolute atomic E-state index is 12.9. The van der Waals surface area contributed by atoms with Crippen LogP contribution in [0.2, 0.25) is 0 Å². The lowest BCUT2D eigenvalue weighted by Crippen LogP contribution is -2.44. The lowest BCUT2D eigenvalue weighted by Gasteiger charge is -2.27. The molecule has 2 N–H and O–H groups in total. The van der Waals surface area contributed by atoms with Gasteiger partial charge in [0.1, 0.15) is 0 Å². The third kappa shape index (κ3) is 6.07. The molecule has 0 saturated carbocycles. The van der Waals surface area contributed by atoms with E-state index >= 15 is 0 Å². The quantitative estimate of drug-likeness (QED) is 0.718. The highest BCUT2D eigenvalue weighted by Gasteiger charge is 2.31. The van der Waals surface area contributed by atoms with Crippen molar-refractivity contribution < 1.29 is 31.1 Å². The summed E-state index contributed by atoms with van der Waals surface area (Å²) >= 11 is 0. The summed E-state index contributed by atoms with van der Waals surface area (Å²) in [6.07, 6.45) is -9.15. The van der Waals surface area contributed by atoms with E-state index in [0.29, 0.717) is 26.2 Å². The Kier molecular flexibility index (Phi) is 5.96. The predicted octanol–water partition coefficient (Wildman–Crippen LogP) is 2.98. The zero-order chi connectivity index (χ0) is 21.1. The molecule has 3 rings (SSSR count). The minimum atomic E-state index is -4.60. The number of rotatable bonds is 5. The summed E-state index contributed by atoms with van der Waals surface area (Å²) < 4.78 is 80.6. The molecule has 2 aromatic rings. The first-order chi connectivity index (χ1) is 13.6. The molecule has 1 aromatic heterocycles. The molecule has 0 bridgehead atoms. The summed E-state index contributed by atoms with van der Waals surface area (Å²) in [5.41, 5.74) is -0.883. The van der Waals surface area contributed by atoms with E-state index in [4.69, 9.17) is 0 Å². The van der Waals surface area contributed by atoms with Crippen molar-refractivity contribution in [3.05, 3.63) is 29.8 Å². The fourth-order valence-corrected chi connectivity index (χ4v) is 2.52. The Labute approximate surface area is 161 Å². The normalized spacial score (nSPS) is 15.3. The molecule has 2 heterocycles. The van der Waals surface area contributed by atoms with Crippen LogP contribution in [-0.4, -0.2) is 53.9 Å². The van der Waals surface area contributed by atoms with E-state index < -0.39 is 30.5 Å². The number of nitrogens with zero attached hydrogens (tertiary/aromatic N) is 4. The number of nitrogens with one attached hydrogen (secondary N) is 2. The monoisotopic (exact) mass is 422 g/mol. The van der Waals surface area contributed by atoms with Crippen LogP contribution in [0.3, 0.4) is 0 Å². The second kappa shape index (κ2) is 8.27. The van der Waals surface area contributed by atoms with Crippen molar-refractivity contribution in [2.45, 2.75) is 12.4 Å². The number of halogens is 6. The average molecular weight is 422 g/mol. The van der Waals surface area contributed by atoms with Gasteiger partial charge in [0.05, 0.1) is 5.56 Å². The van der Waals surface area contributed by atoms with Crippen molar-refractivity contribution in [1.29, 1.82) is 0 Å². The van der Waals surface area contributed by atoms with Gasteiger partial charge in [-0.15, -0.1) is 0 Å². The second-order valence-electron chi connectivity index (χ2n) is 6.09. The van der Waals surface area contributed by atoms with Crippen LogP contribution in [0, 0.1) is 0 Å². The Morgan fingerprint density at radius 1 is 1.03 bits per heavy atom. The van der Waals surface area contributed by atoms with Gasteiger partial charge in [-0.05, 0) is 18.2 Å². The number of aromatic nitrogens is 3. The number of ether oxygens (including phenoxy) is 1. The van der Waals surface area contributed by atoms with Crippen molar-refractivity contribution in [2.75, 3.05) is 43.0 Å². The van der Waals surface area contributed by atoms with Crippen LogP contribution in [-0.2, 0) is 6.18 Å². The van der Waals surface area contributed by atoms with Crippen LogP contribution in [0.1, 0.15) is 5.56 Å². The third-order valence-electron chi connectivity index (χ3n) is 3.81. The molecular formula is C16H16F6N6O. The van der Waals surface area contributed by atoms with Crippen molar-refractivity contribution in [2.24, 2.45) is 0 Å². The Hall–Kier alpha value is -2.83. The molecule has 13 heteroatoms. The predicted molar refractivity (Wildman–Crippen MR) is 91.2 cm³/mol. The molecule has 1 aromatic carbocycles. The molecule has 158 valence electrons. The van der Waals surface area contributed by atoms with Gasteiger partial charge in [-0.3, -0.25) is 0 Å². The Morgan fingerprint density at radius 2 is 1.76 bits per heavy atom. The largest absolute Gasteiger partial charge is 0.454 e. The average Bonchev–Trinajstić information content (AvgIpc) is 2.66. The van der Waals surface area contributed by atoms with E-state index in [-0.39, 0.29) is 17.6 Å². The van der Waals surface area contributed by atoms with Crippen molar-refractivity contribution in [3.63, 3.8) is 0 Å². The maximum atomic E-state index is 12.9. The van der Waals surface area contributed by atoms with Gasteiger partial charge in [0, 0.05) is 31.9 Å². The molecule has 0 atom stereocenters. The zero-order valence-electron chi connectivity index (χ0n) is 14.8. The third-order valence-corrected chi connectivity index (χ3v) is 3.81. The smallest absolute Gasteiger partial charge is 0.422 e. The summed E-state index contributed by atoms with van der Waals surface area (Å²) in [6, 6.07) is 3.68. The topological polar surface area (TPSA) is 75.2 Å². The number of piperazine rings is 1. The number of benzene rings is 1. The van der Waals surface area contributed by atoms with E-state index in [9.17, 15) is 26.3 Å². The van der Waals surface area contributed by atoms with Gasteiger partial charge < -0.3 is 20.3 Å². The summed E-state index contributed by atoms with van der Waals surface area (Å²) in [5.74, 6) is -0.168. The van der Waals surface area contributed by atoms with Gasteiger partial charge in [0.25, 0.3) is 0 Å². The lowest BCUT2D eigenvalue weighted by molar-refractivity contribution is -0.154. The number of alkyl halides is 6.